The molecule has 0 bridgehead atoms. The number of phosphoric acid groups is 1. The van der Waals surface area contributed by atoms with Crippen molar-refractivity contribution in [1.82, 2.24) is 42.5 Å². The molecule has 0 aromatic carbocycles. The van der Waals surface area contributed by atoms with Crippen LogP contribution in [0, 0.1) is 0 Å². The van der Waals surface area contributed by atoms with Crippen LogP contribution in [0.25, 0.3) is 0 Å². The van der Waals surface area contributed by atoms with E-state index >= 15 is 0 Å². The molecule has 0 saturated carbocycles. The van der Waals surface area contributed by atoms with Crippen molar-refractivity contribution in [2.24, 2.45) is 0 Å². The highest BCUT2D eigenvalue weighted by Crippen LogP contribution is 2.41. The smallest absolute Gasteiger partial charge is 0.394 e. The average Bonchev–Trinajstić information content (AvgIpc) is 0.820. The van der Waals surface area contributed by atoms with Gasteiger partial charge in [-0.05, 0) is 77.0 Å². The number of rotatable bonds is 67. The average molecular weight is 1690 g/mol. The summed E-state index contributed by atoms with van der Waals surface area (Å²) in [5, 5.41) is 113. The summed E-state index contributed by atoms with van der Waals surface area (Å²) in [5.74, 6) is -2.86. The maximum Gasteiger partial charge on any atom is 0.471 e. The van der Waals surface area contributed by atoms with Crippen molar-refractivity contribution in [2.75, 3.05) is 86.2 Å². The Labute approximate surface area is 686 Å². The van der Waals surface area contributed by atoms with Gasteiger partial charge in [-0.15, -0.1) is 0 Å². The van der Waals surface area contributed by atoms with Crippen LogP contribution in [0.2, 0.25) is 0 Å². The van der Waals surface area contributed by atoms with Crippen molar-refractivity contribution < 1.29 is 136 Å². The Kier molecular flexibility index (Phi) is 61.0. The number of aliphatic hydroxyl groups excluding tert-OH is 9. The first-order valence-corrected chi connectivity index (χ1v) is 44.3. The molecule has 3 fully saturated rings. The second-order valence-electron chi connectivity index (χ2n) is 30.0. The van der Waals surface area contributed by atoms with E-state index in [4.69, 9.17) is 37.7 Å². The van der Waals surface area contributed by atoms with Crippen LogP contribution in [-0.2, 0) is 85.1 Å². The second kappa shape index (κ2) is 65.9. The quantitative estimate of drug-likeness (QED) is 0.0307. The SMILES string of the molecule is CC.COP(=O)(O)OCCOCCNC(=O)[C@H](CCCCNC(=O)CCCCCCCCCCCOC1OC(CO)C(O)C(O)C1NC(C)=O)NC(=O)[C@H](CCCCNC(=O)CCCCCCCCCCCOC1OC(CO)C(O)C(O)C1NC(C)=O)NC(=O)CCCCCCCCCCCOC1OC(CO)C(O)C(O)C1NC(C)=O. The van der Waals surface area contributed by atoms with Gasteiger partial charge in [0.25, 0.3) is 0 Å². The molecule has 3 aliphatic heterocycles. The molecule has 116 heavy (non-hydrogen) atoms. The van der Waals surface area contributed by atoms with Crippen LogP contribution in [0.1, 0.15) is 266 Å². The molecule has 0 radical (unpaired) electrons. The molecule has 3 aliphatic rings. The zero-order valence-electron chi connectivity index (χ0n) is 70.0. The largest absolute Gasteiger partial charge is 0.471 e. The van der Waals surface area contributed by atoms with Gasteiger partial charge in [0.2, 0.25) is 47.3 Å². The molecule has 3 heterocycles. The fourth-order valence-corrected chi connectivity index (χ4v) is 14.1. The summed E-state index contributed by atoms with van der Waals surface area (Å²) >= 11 is 0. The van der Waals surface area contributed by atoms with E-state index < -0.39 is 161 Å². The summed E-state index contributed by atoms with van der Waals surface area (Å²) in [6.07, 6.45) is 12.7. The Morgan fingerprint density at radius 1 is 0.362 bits per heavy atom. The van der Waals surface area contributed by atoms with E-state index in [1.54, 1.807) is 0 Å². The summed E-state index contributed by atoms with van der Waals surface area (Å²) < 4.78 is 60.7. The van der Waals surface area contributed by atoms with Gasteiger partial charge in [0.05, 0.1) is 39.6 Å². The van der Waals surface area contributed by atoms with E-state index in [1.807, 2.05) is 13.8 Å². The molecule has 0 aliphatic carbocycles. The van der Waals surface area contributed by atoms with Crippen LogP contribution >= 0.6 is 7.82 Å². The predicted octanol–water partition coefficient (Wildman–Crippen LogP) is 3.04. The highest BCUT2D eigenvalue weighted by molar-refractivity contribution is 7.47. The van der Waals surface area contributed by atoms with Gasteiger partial charge in [0, 0.05) is 86.6 Å². The van der Waals surface area contributed by atoms with E-state index in [0.717, 1.165) is 155 Å². The summed E-state index contributed by atoms with van der Waals surface area (Å²) in [6.45, 7) is 7.54. The normalized spacial score (nSPS) is 24.3. The predicted molar refractivity (Wildman–Crippen MR) is 428 cm³/mol. The number of hydrogen-bond acceptors (Lipinski definition) is 27. The molecule has 3 rings (SSSR count). The summed E-state index contributed by atoms with van der Waals surface area (Å²) in [7, 11) is -3.19. The molecule has 0 aromatic rings. The molecule has 16 unspecified atom stereocenters. The Hall–Kier alpha value is -4.77. The van der Waals surface area contributed by atoms with Gasteiger partial charge < -0.3 is 127 Å². The van der Waals surface area contributed by atoms with Gasteiger partial charge in [-0.25, -0.2) is 4.57 Å². The van der Waals surface area contributed by atoms with Crippen LogP contribution in [-0.4, -0.2) is 288 Å². The second-order valence-corrected chi connectivity index (χ2v) is 31.5. The Morgan fingerprint density at radius 3 is 0.991 bits per heavy atom. The van der Waals surface area contributed by atoms with E-state index in [2.05, 4.69) is 47.1 Å². The van der Waals surface area contributed by atoms with Crippen molar-refractivity contribution in [3.05, 3.63) is 0 Å². The molecule has 678 valence electrons. The summed E-state index contributed by atoms with van der Waals surface area (Å²) in [6, 6.07) is -5.03. The summed E-state index contributed by atoms with van der Waals surface area (Å²) in [5.41, 5.74) is 0. The van der Waals surface area contributed by atoms with Crippen molar-refractivity contribution >= 4 is 55.1 Å². The van der Waals surface area contributed by atoms with E-state index in [0.29, 0.717) is 90.5 Å². The molecule has 18 N–H and O–H groups in total. The van der Waals surface area contributed by atoms with Crippen molar-refractivity contribution in [1.29, 1.82) is 0 Å². The van der Waals surface area contributed by atoms with Crippen molar-refractivity contribution in [3.8, 4) is 0 Å². The molecule has 18 atom stereocenters. The molecular formula is C79H149N8O28P. The third-order valence-corrected chi connectivity index (χ3v) is 21.2. The Balaban J connectivity index is 0.0000226. The third kappa shape index (κ3) is 47.4. The number of amides is 8. The van der Waals surface area contributed by atoms with Gasteiger partial charge >= 0.3 is 7.82 Å². The number of phosphoric ester groups is 1. The Bertz CT molecular complexity index is 2690. The monoisotopic (exact) mass is 1690 g/mol. The lowest BCUT2D eigenvalue weighted by Crippen LogP contribution is -2.64. The lowest BCUT2D eigenvalue weighted by Gasteiger charge is -2.42. The first kappa shape index (κ1) is 107. The first-order chi connectivity index (χ1) is 55.8. The topological polar surface area (TPSA) is 535 Å². The third-order valence-electron chi connectivity index (χ3n) is 20.3. The van der Waals surface area contributed by atoms with Gasteiger partial charge in [-0.3, -0.25) is 47.4 Å². The van der Waals surface area contributed by atoms with Crippen LogP contribution in [0.4, 0.5) is 0 Å². The van der Waals surface area contributed by atoms with Crippen LogP contribution in [0.5, 0.6) is 0 Å². The molecule has 0 spiro atoms. The zero-order valence-corrected chi connectivity index (χ0v) is 70.9. The molecule has 8 amide bonds. The van der Waals surface area contributed by atoms with E-state index in [-0.39, 0.29) is 70.0 Å². The van der Waals surface area contributed by atoms with Gasteiger partial charge in [0.15, 0.2) is 18.9 Å². The van der Waals surface area contributed by atoms with Gasteiger partial charge in [0.1, 0.15) is 85.1 Å². The van der Waals surface area contributed by atoms with Gasteiger partial charge in [-0.2, -0.15) is 0 Å². The number of nitrogens with one attached hydrogen (secondary N) is 8. The molecule has 37 heteroatoms. The van der Waals surface area contributed by atoms with Crippen LogP contribution in [0.15, 0.2) is 0 Å². The minimum absolute atomic E-state index is 0.00247. The number of unbranched alkanes of at least 4 members (excludes halogenated alkanes) is 26. The maximum atomic E-state index is 14.3. The van der Waals surface area contributed by atoms with Crippen LogP contribution < -0.4 is 42.5 Å². The fraction of sp³-hybridized carbons (Fsp3) is 0.899. The number of carbonyl (C=O) groups excluding carboxylic acids is 8. The number of carbonyl (C=O) groups is 8. The maximum absolute atomic E-state index is 14.3. The lowest BCUT2D eigenvalue weighted by atomic mass is 9.97. The lowest BCUT2D eigenvalue weighted by molar-refractivity contribution is -0.270. The van der Waals surface area contributed by atoms with Gasteiger partial charge in [-0.1, -0.05) is 149 Å². The highest BCUT2D eigenvalue weighted by Gasteiger charge is 2.48. The highest BCUT2D eigenvalue weighted by atomic mass is 31.2. The molecule has 3 saturated heterocycles. The Morgan fingerprint density at radius 2 is 0.672 bits per heavy atom. The number of ether oxygens (including phenoxy) is 7. The fourth-order valence-electron chi connectivity index (χ4n) is 13.7. The zero-order chi connectivity index (χ0) is 85.9. The van der Waals surface area contributed by atoms with Crippen molar-refractivity contribution in [2.45, 2.75) is 370 Å². The first-order valence-electron chi connectivity index (χ1n) is 42.8. The molecular weight excluding hydrogens is 1540 g/mol. The van der Waals surface area contributed by atoms with E-state index in [1.165, 1.54) is 20.8 Å². The van der Waals surface area contributed by atoms with Crippen molar-refractivity contribution in [3.63, 3.8) is 0 Å². The summed E-state index contributed by atoms with van der Waals surface area (Å²) in [4.78, 5) is 112. The minimum Gasteiger partial charge on any atom is -0.394 e. The number of aliphatic hydroxyl groups is 9. The molecule has 36 nitrogen and oxygen atoms in total. The number of hydrogen-bond donors (Lipinski definition) is 18. The van der Waals surface area contributed by atoms with Crippen LogP contribution in [0.3, 0.4) is 0 Å². The van der Waals surface area contributed by atoms with E-state index in [9.17, 15) is 93.8 Å². The standard InChI is InChI=1S/C77H143N8O28P.C2H6/c1-53(89)81-64-70(98)67(95)58(50-86)111-75(64)107-44-33-23-17-11-5-8-14-20-26-38-61(92)78-41-31-29-36-56(73(101)80-43-47-106-48-49-110-114(103,104)105-4)85-74(102)57(84-63(94)40-28-22-16-10-7-13-19-25-35-46-109-77-66(83-55(3)91)72(100)69(97)60(52-88)113-77)37-30-32-42-79-62(93)39-27-21-15-9-6-12-18-24-34-45-108-76-65(82-54(2)90)71(99)68(96)59(51-87)112-76;1-2/h56-60,64-72,75-77,86-88,95-100H,5-52H2,1-4H3,(H,78,92)(H,79,93)(H,80,101)(H,81,89)(H,82,90)(H,83,91)(H,84,94)(H,85,102)(H,103,104);1-2H3/t56-,57-,58?,59?,60?,64?,65?,66?,67?,68?,69?,70?,71?,72?,75?,76?,77?;/m0./s1. The molecule has 0 aromatic heterocycles. The minimum atomic E-state index is -4.22.